The fourth-order valence-corrected chi connectivity index (χ4v) is 2.53. The highest BCUT2D eigenvalue weighted by atomic mass is 35.5. The number of hydrogen-bond donors (Lipinski definition) is 1. The normalized spacial score (nSPS) is 12.5. The van der Waals surface area contributed by atoms with E-state index in [0.29, 0.717) is 12.3 Å². The number of aryl methyl sites for hydroxylation is 1. The number of nitrogens with one attached hydrogen (secondary N) is 1. The Labute approximate surface area is 146 Å². The third kappa shape index (κ3) is 4.52. The molecular formula is C19H18ClNO3. The lowest BCUT2D eigenvalue weighted by Gasteiger charge is -2.03. The molecule has 1 amide bonds. The Morgan fingerprint density at radius 3 is 2.75 bits per heavy atom. The number of fused-ring (bicyclic) bond motifs is 1. The summed E-state index contributed by atoms with van der Waals surface area (Å²) >= 11 is 5.85. The molecular weight excluding hydrogens is 326 g/mol. The molecule has 0 aromatic heterocycles. The predicted octanol–water partition coefficient (Wildman–Crippen LogP) is 3.83. The topological polar surface area (TPSA) is 47.6 Å². The van der Waals surface area contributed by atoms with E-state index in [1.165, 1.54) is 11.6 Å². The van der Waals surface area contributed by atoms with Gasteiger partial charge in [-0.25, -0.2) is 0 Å². The minimum atomic E-state index is -0.108. The Bertz CT molecular complexity index is 741. The number of carbonyl (C=O) groups is 1. The molecule has 2 aromatic carbocycles. The summed E-state index contributed by atoms with van der Waals surface area (Å²) in [6.07, 6.45) is 5.07. The van der Waals surface area contributed by atoms with Crippen LogP contribution >= 0.6 is 11.6 Å². The van der Waals surface area contributed by atoms with E-state index in [1.807, 2.05) is 42.5 Å². The first kappa shape index (κ1) is 16.4. The summed E-state index contributed by atoms with van der Waals surface area (Å²) in [4.78, 5) is 11.8. The lowest BCUT2D eigenvalue weighted by Crippen LogP contribution is -2.22. The largest absolute Gasteiger partial charge is 0.454 e. The molecule has 0 atom stereocenters. The Kier molecular flexibility index (Phi) is 5.39. The summed E-state index contributed by atoms with van der Waals surface area (Å²) in [5, 5.41) is 3.62. The molecule has 0 spiro atoms. The second-order valence-electron chi connectivity index (χ2n) is 5.47. The van der Waals surface area contributed by atoms with Gasteiger partial charge in [0.1, 0.15) is 0 Å². The molecule has 0 fully saturated rings. The highest BCUT2D eigenvalue weighted by Gasteiger charge is 2.12. The summed E-state index contributed by atoms with van der Waals surface area (Å²) in [7, 11) is 0. The fraction of sp³-hybridized carbons (Fsp3) is 0.211. The molecule has 0 saturated heterocycles. The van der Waals surface area contributed by atoms with Gasteiger partial charge >= 0.3 is 0 Å². The van der Waals surface area contributed by atoms with Gasteiger partial charge in [0.2, 0.25) is 12.7 Å². The molecule has 0 radical (unpaired) electrons. The lowest BCUT2D eigenvalue weighted by molar-refractivity contribution is -0.116. The van der Waals surface area contributed by atoms with E-state index in [0.717, 1.165) is 29.2 Å². The highest BCUT2D eigenvalue weighted by molar-refractivity contribution is 6.30. The number of amides is 1. The van der Waals surface area contributed by atoms with Crippen molar-refractivity contribution in [3.63, 3.8) is 0 Å². The maximum atomic E-state index is 11.8. The zero-order valence-corrected chi connectivity index (χ0v) is 13.9. The maximum absolute atomic E-state index is 11.8. The minimum absolute atomic E-state index is 0.108. The molecule has 0 aliphatic carbocycles. The molecule has 0 bridgehead atoms. The van der Waals surface area contributed by atoms with E-state index in [1.54, 1.807) is 6.08 Å². The molecule has 1 aliphatic heterocycles. The lowest BCUT2D eigenvalue weighted by atomic mass is 10.1. The Morgan fingerprint density at radius 1 is 1.12 bits per heavy atom. The van der Waals surface area contributed by atoms with Crippen LogP contribution < -0.4 is 14.8 Å². The quantitative estimate of drug-likeness (QED) is 0.640. The van der Waals surface area contributed by atoms with Gasteiger partial charge in [0, 0.05) is 17.6 Å². The molecule has 3 rings (SSSR count). The van der Waals surface area contributed by atoms with Gasteiger partial charge in [-0.1, -0.05) is 29.8 Å². The van der Waals surface area contributed by atoms with E-state index in [-0.39, 0.29) is 12.7 Å². The van der Waals surface area contributed by atoms with Crippen molar-refractivity contribution in [1.29, 1.82) is 0 Å². The number of ether oxygens (including phenoxy) is 2. The van der Waals surface area contributed by atoms with Crippen molar-refractivity contribution in [1.82, 2.24) is 5.32 Å². The van der Waals surface area contributed by atoms with Crippen molar-refractivity contribution in [3.8, 4) is 11.5 Å². The molecule has 24 heavy (non-hydrogen) atoms. The monoisotopic (exact) mass is 343 g/mol. The van der Waals surface area contributed by atoms with Crippen LogP contribution in [0.15, 0.2) is 48.5 Å². The van der Waals surface area contributed by atoms with E-state index in [2.05, 4.69) is 5.32 Å². The number of benzene rings is 2. The van der Waals surface area contributed by atoms with Crippen LogP contribution in [-0.4, -0.2) is 19.2 Å². The average Bonchev–Trinajstić information content (AvgIpc) is 3.06. The standard InChI is InChI=1S/C19H18ClNO3/c20-16-7-3-14(4-8-16)2-1-11-21-19(22)10-6-15-5-9-17-18(12-15)24-13-23-17/h3-10,12H,1-2,11,13H2,(H,21,22)/b10-6+. The van der Waals surface area contributed by atoms with Crippen molar-refractivity contribution in [2.75, 3.05) is 13.3 Å². The first-order valence-corrected chi connectivity index (χ1v) is 8.18. The fourth-order valence-electron chi connectivity index (χ4n) is 2.40. The predicted molar refractivity (Wildman–Crippen MR) is 94.4 cm³/mol. The third-order valence-corrected chi connectivity index (χ3v) is 3.93. The van der Waals surface area contributed by atoms with Gasteiger partial charge in [0.05, 0.1) is 0 Å². The number of rotatable bonds is 6. The highest BCUT2D eigenvalue weighted by Crippen LogP contribution is 2.32. The molecule has 0 unspecified atom stereocenters. The van der Waals surface area contributed by atoms with Crippen molar-refractivity contribution < 1.29 is 14.3 Å². The summed E-state index contributed by atoms with van der Waals surface area (Å²) in [6.45, 7) is 0.879. The van der Waals surface area contributed by atoms with Gasteiger partial charge in [-0.3, -0.25) is 4.79 Å². The maximum Gasteiger partial charge on any atom is 0.243 e. The van der Waals surface area contributed by atoms with Gasteiger partial charge in [-0.15, -0.1) is 0 Å². The first-order valence-electron chi connectivity index (χ1n) is 7.81. The molecule has 4 nitrogen and oxygen atoms in total. The van der Waals surface area contributed by atoms with Crippen molar-refractivity contribution in [2.45, 2.75) is 12.8 Å². The summed E-state index contributed by atoms with van der Waals surface area (Å²) < 4.78 is 10.6. The third-order valence-electron chi connectivity index (χ3n) is 3.68. The van der Waals surface area contributed by atoms with Crippen LogP contribution in [0.3, 0.4) is 0 Å². The molecule has 5 heteroatoms. The number of halogens is 1. The van der Waals surface area contributed by atoms with E-state index < -0.39 is 0 Å². The second kappa shape index (κ2) is 7.88. The molecule has 0 saturated carbocycles. The smallest absolute Gasteiger partial charge is 0.243 e. The van der Waals surface area contributed by atoms with Crippen LogP contribution in [0.2, 0.25) is 5.02 Å². The SMILES string of the molecule is O=C(/C=C/c1ccc2c(c1)OCO2)NCCCc1ccc(Cl)cc1. The summed E-state index contributed by atoms with van der Waals surface area (Å²) in [5.74, 6) is 1.34. The summed E-state index contributed by atoms with van der Waals surface area (Å²) in [6, 6.07) is 13.3. The molecule has 1 heterocycles. The van der Waals surface area contributed by atoms with Gasteiger partial charge in [-0.2, -0.15) is 0 Å². The van der Waals surface area contributed by atoms with E-state index in [4.69, 9.17) is 21.1 Å². The zero-order valence-electron chi connectivity index (χ0n) is 13.1. The van der Waals surface area contributed by atoms with Crippen molar-refractivity contribution in [2.24, 2.45) is 0 Å². The van der Waals surface area contributed by atoms with Gasteiger partial charge in [0.25, 0.3) is 0 Å². The van der Waals surface area contributed by atoms with Crippen LogP contribution in [-0.2, 0) is 11.2 Å². The second-order valence-corrected chi connectivity index (χ2v) is 5.90. The average molecular weight is 344 g/mol. The summed E-state index contributed by atoms with van der Waals surface area (Å²) in [5.41, 5.74) is 2.11. The Morgan fingerprint density at radius 2 is 1.92 bits per heavy atom. The van der Waals surface area contributed by atoms with Crippen LogP contribution in [0.4, 0.5) is 0 Å². The van der Waals surface area contributed by atoms with E-state index >= 15 is 0 Å². The van der Waals surface area contributed by atoms with Crippen LogP contribution in [0.5, 0.6) is 11.5 Å². The van der Waals surface area contributed by atoms with Gasteiger partial charge in [0.15, 0.2) is 11.5 Å². The number of hydrogen-bond acceptors (Lipinski definition) is 3. The van der Waals surface area contributed by atoms with Gasteiger partial charge < -0.3 is 14.8 Å². The van der Waals surface area contributed by atoms with Crippen LogP contribution in [0.25, 0.3) is 6.08 Å². The first-order chi connectivity index (χ1) is 11.7. The minimum Gasteiger partial charge on any atom is -0.454 e. The van der Waals surface area contributed by atoms with Crippen molar-refractivity contribution in [3.05, 3.63) is 64.7 Å². The zero-order chi connectivity index (χ0) is 16.8. The van der Waals surface area contributed by atoms with Crippen LogP contribution in [0.1, 0.15) is 17.5 Å². The molecule has 124 valence electrons. The molecule has 1 aliphatic rings. The van der Waals surface area contributed by atoms with Crippen molar-refractivity contribution >= 4 is 23.6 Å². The van der Waals surface area contributed by atoms with Crippen LogP contribution in [0, 0.1) is 0 Å². The van der Waals surface area contributed by atoms with Gasteiger partial charge in [-0.05, 0) is 54.3 Å². The number of carbonyl (C=O) groups excluding carboxylic acids is 1. The Balaban J connectivity index is 1.41. The Hall–Kier alpha value is -2.46. The molecule has 2 aromatic rings. The molecule has 1 N–H and O–H groups in total. The van der Waals surface area contributed by atoms with E-state index in [9.17, 15) is 4.79 Å².